The first-order valence-electron chi connectivity index (χ1n) is 7.38. The average molecular weight is 304 g/mol. The van der Waals surface area contributed by atoms with Gasteiger partial charge in [-0.3, -0.25) is 9.59 Å². The molecule has 112 valence electrons. The molecule has 3 rings (SSSR count). The summed E-state index contributed by atoms with van der Waals surface area (Å²) < 4.78 is 0. The Bertz CT molecular complexity index is 534. The lowest BCUT2D eigenvalue weighted by Gasteiger charge is -2.39. The zero-order chi connectivity index (χ0) is 14.8. The van der Waals surface area contributed by atoms with E-state index in [1.54, 1.807) is 21.6 Å². The van der Waals surface area contributed by atoms with E-state index >= 15 is 0 Å². The Labute approximate surface area is 129 Å². The van der Waals surface area contributed by atoms with E-state index in [0.29, 0.717) is 5.88 Å². The Morgan fingerprint density at radius 2 is 2.05 bits per heavy atom. The zero-order valence-corrected chi connectivity index (χ0v) is 13.0. The van der Waals surface area contributed by atoms with Crippen molar-refractivity contribution in [2.24, 2.45) is 0 Å². The molecule has 0 spiro atoms. The first-order chi connectivity index (χ1) is 10.2. The van der Waals surface area contributed by atoms with Gasteiger partial charge in [0, 0.05) is 11.8 Å². The van der Waals surface area contributed by atoms with Crippen molar-refractivity contribution in [1.29, 1.82) is 0 Å². The van der Waals surface area contributed by atoms with Crippen molar-refractivity contribution >= 4 is 23.6 Å². The quantitative estimate of drug-likeness (QED) is 0.851. The fraction of sp³-hybridized carbons (Fsp3) is 0.500. The largest absolute Gasteiger partial charge is 0.329 e. The maximum Gasteiger partial charge on any atom is 0.246 e. The highest BCUT2D eigenvalue weighted by Gasteiger charge is 2.43. The topological polar surface area (TPSA) is 40.6 Å². The Morgan fingerprint density at radius 1 is 1.29 bits per heavy atom. The van der Waals surface area contributed by atoms with Crippen LogP contribution in [-0.2, 0) is 16.0 Å². The predicted octanol–water partition coefficient (Wildman–Crippen LogP) is 1.75. The van der Waals surface area contributed by atoms with E-state index < -0.39 is 0 Å². The number of piperazine rings is 1. The average Bonchev–Trinajstić information content (AvgIpc) is 3.00. The minimum absolute atomic E-state index is 0.0937. The lowest BCUT2D eigenvalue weighted by Crippen LogP contribution is -2.60. The summed E-state index contributed by atoms with van der Waals surface area (Å²) in [5.41, 5.74) is 1.28. The van der Waals surface area contributed by atoms with Crippen molar-refractivity contribution in [3.05, 3.63) is 35.9 Å². The maximum absolute atomic E-state index is 12.5. The van der Waals surface area contributed by atoms with E-state index in [9.17, 15) is 9.59 Å². The van der Waals surface area contributed by atoms with Crippen LogP contribution in [0, 0.1) is 0 Å². The van der Waals surface area contributed by atoms with Crippen LogP contribution in [0.15, 0.2) is 30.3 Å². The maximum atomic E-state index is 12.5. The number of fused-ring (bicyclic) bond motifs is 1. The molecule has 2 unspecified atom stereocenters. The monoisotopic (exact) mass is 304 g/mol. The minimum Gasteiger partial charge on any atom is -0.329 e. The molecule has 2 aliphatic rings. The van der Waals surface area contributed by atoms with Crippen molar-refractivity contribution in [2.75, 3.05) is 18.2 Å². The summed E-state index contributed by atoms with van der Waals surface area (Å²) in [6.45, 7) is 2.29. The van der Waals surface area contributed by atoms with Gasteiger partial charge >= 0.3 is 0 Å². The second-order valence-corrected chi connectivity index (χ2v) is 6.72. The van der Waals surface area contributed by atoms with Crippen molar-refractivity contribution in [2.45, 2.75) is 31.8 Å². The molecule has 0 aliphatic carbocycles. The molecule has 2 fully saturated rings. The number of amides is 2. The Balaban J connectivity index is 1.63. The standard InChI is InChI=1S/C16H20N2O2S/c1-12(7-8-13-5-3-2-4-6-13)17-9-15(19)18-11-21-10-14(18)16(17)20/h2-6,12,14H,7-11H2,1H3. The highest BCUT2D eigenvalue weighted by Crippen LogP contribution is 2.27. The fourth-order valence-corrected chi connectivity index (χ4v) is 4.12. The van der Waals surface area contributed by atoms with Gasteiger partial charge in [0.25, 0.3) is 0 Å². The second kappa shape index (κ2) is 6.10. The number of benzene rings is 1. The van der Waals surface area contributed by atoms with Gasteiger partial charge in [-0.1, -0.05) is 30.3 Å². The van der Waals surface area contributed by atoms with E-state index in [4.69, 9.17) is 0 Å². The van der Waals surface area contributed by atoms with Crippen LogP contribution in [0.1, 0.15) is 18.9 Å². The third kappa shape index (κ3) is 2.93. The number of nitrogens with zero attached hydrogens (tertiary/aromatic N) is 2. The summed E-state index contributed by atoms with van der Waals surface area (Å²) in [6, 6.07) is 10.2. The van der Waals surface area contributed by atoms with Gasteiger partial charge in [-0.05, 0) is 25.3 Å². The number of aryl methyl sites for hydroxylation is 1. The van der Waals surface area contributed by atoms with E-state index in [0.717, 1.165) is 18.6 Å². The van der Waals surface area contributed by atoms with Crippen molar-refractivity contribution in [1.82, 2.24) is 9.80 Å². The zero-order valence-electron chi connectivity index (χ0n) is 12.2. The number of hydrogen-bond donors (Lipinski definition) is 0. The van der Waals surface area contributed by atoms with Crippen LogP contribution >= 0.6 is 11.8 Å². The Kier molecular flexibility index (Phi) is 4.19. The van der Waals surface area contributed by atoms with Crippen LogP contribution in [0.25, 0.3) is 0 Å². The molecule has 4 nitrogen and oxygen atoms in total. The van der Waals surface area contributed by atoms with E-state index in [1.165, 1.54) is 5.56 Å². The Hall–Kier alpha value is -1.49. The highest BCUT2D eigenvalue weighted by molar-refractivity contribution is 7.99. The Morgan fingerprint density at radius 3 is 2.81 bits per heavy atom. The summed E-state index contributed by atoms with van der Waals surface area (Å²) in [5, 5.41) is 0. The van der Waals surface area contributed by atoms with Gasteiger partial charge < -0.3 is 9.80 Å². The molecule has 5 heteroatoms. The molecule has 1 aromatic carbocycles. The summed E-state index contributed by atoms with van der Waals surface area (Å²) in [4.78, 5) is 28.2. The van der Waals surface area contributed by atoms with Gasteiger partial charge in [0.05, 0.1) is 5.88 Å². The van der Waals surface area contributed by atoms with Crippen LogP contribution in [-0.4, -0.2) is 51.9 Å². The van der Waals surface area contributed by atoms with Crippen LogP contribution < -0.4 is 0 Å². The molecule has 2 amide bonds. The van der Waals surface area contributed by atoms with Crippen LogP contribution in [0.4, 0.5) is 0 Å². The molecule has 2 heterocycles. The normalized spacial score (nSPS) is 23.4. The van der Waals surface area contributed by atoms with Gasteiger partial charge in [-0.15, -0.1) is 11.8 Å². The van der Waals surface area contributed by atoms with E-state index in [2.05, 4.69) is 12.1 Å². The van der Waals surface area contributed by atoms with Gasteiger partial charge in [0.2, 0.25) is 11.8 Å². The molecule has 2 atom stereocenters. The summed E-state index contributed by atoms with van der Waals surface area (Å²) >= 11 is 1.67. The van der Waals surface area contributed by atoms with Crippen molar-refractivity contribution in [3.8, 4) is 0 Å². The number of carbonyl (C=O) groups excluding carboxylic acids is 2. The third-order valence-electron chi connectivity index (χ3n) is 4.30. The smallest absolute Gasteiger partial charge is 0.246 e. The van der Waals surface area contributed by atoms with Crippen LogP contribution in [0.3, 0.4) is 0 Å². The van der Waals surface area contributed by atoms with E-state index in [-0.39, 0.29) is 30.4 Å². The fourth-order valence-electron chi connectivity index (χ4n) is 2.95. The molecule has 0 N–H and O–H groups in total. The second-order valence-electron chi connectivity index (χ2n) is 5.72. The first-order valence-corrected chi connectivity index (χ1v) is 8.54. The first kappa shape index (κ1) is 14.4. The van der Waals surface area contributed by atoms with Gasteiger partial charge in [0.1, 0.15) is 12.6 Å². The SMILES string of the molecule is CC(CCc1ccccc1)N1CC(=O)N2CSCC2C1=O. The minimum atomic E-state index is -0.226. The summed E-state index contributed by atoms with van der Waals surface area (Å²) in [6.07, 6.45) is 1.83. The molecular formula is C16H20N2O2S. The number of carbonyl (C=O) groups is 2. The number of thioether (sulfide) groups is 1. The molecular weight excluding hydrogens is 284 g/mol. The molecule has 21 heavy (non-hydrogen) atoms. The lowest BCUT2D eigenvalue weighted by atomic mass is 10.0. The van der Waals surface area contributed by atoms with Crippen LogP contribution in [0.5, 0.6) is 0 Å². The van der Waals surface area contributed by atoms with Crippen molar-refractivity contribution in [3.63, 3.8) is 0 Å². The molecule has 0 bridgehead atoms. The predicted molar refractivity (Wildman–Crippen MR) is 83.9 cm³/mol. The molecule has 0 radical (unpaired) electrons. The van der Waals surface area contributed by atoms with Gasteiger partial charge in [0.15, 0.2) is 0 Å². The highest BCUT2D eigenvalue weighted by atomic mass is 32.2. The van der Waals surface area contributed by atoms with Gasteiger partial charge in [-0.2, -0.15) is 0 Å². The molecule has 2 saturated heterocycles. The molecule has 0 aromatic heterocycles. The number of rotatable bonds is 4. The lowest BCUT2D eigenvalue weighted by molar-refractivity contribution is -0.155. The number of hydrogen-bond acceptors (Lipinski definition) is 3. The summed E-state index contributed by atoms with van der Waals surface area (Å²) in [7, 11) is 0. The van der Waals surface area contributed by atoms with Crippen LogP contribution in [0.2, 0.25) is 0 Å². The molecule has 0 saturated carbocycles. The third-order valence-corrected chi connectivity index (χ3v) is 5.31. The molecule has 1 aromatic rings. The van der Waals surface area contributed by atoms with Crippen molar-refractivity contribution < 1.29 is 9.59 Å². The molecule has 2 aliphatic heterocycles. The van der Waals surface area contributed by atoms with Gasteiger partial charge in [-0.25, -0.2) is 0 Å². The van der Waals surface area contributed by atoms with E-state index in [1.807, 2.05) is 25.1 Å². The summed E-state index contributed by atoms with van der Waals surface area (Å²) in [5.74, 6) is 1.63.